The maximum Gasteiger partial charge on any atom is 0.231 e. The fourth-order valence-electron chi connectivity index (χ4n) is 3.89. The number of ether oxygens (including phenoxy) is 2. The minimum Gasteiger partial charge on any atom is -0.454 e. The molecule has 1 N–H and O–H groups in total. The molecule has 0 bridgehead atoms. The number of rotatable bonds is 4. The molecule has 0 radical (unpaired) electrons. The van der Waals surface area contributed by atoms with E-state index in [1.165, 1.54) is 12.1 Å². The molecular weight excluding hydrogens is 399 g/mol. The van der Waals surface area contributed by atoms with Crippen molar-refractivity contribution in [1.29, 1.82) is 0 Å². The van der Waals surface area contributed by atoms with Gasteiger partial charge in [-0.25, -0.2) is 4.39 Å². The predicted octanol–water partition coefficient (Wildman–Crippen LogP) is 3.87. The molecule has 0 saturated carbocycles. The van der Waals surface area contributed by atoms with Crippen LogP contribution in [0.4, 0.5) is 15.9 Å². The lowest BCUT2D eigenvalue weighted by atomic mass is 9.97. The van der Waals surface area contributed by atoms with Crippen molar-refractivity contribution in [3.8, 4) is 22.8 Å². The second kappa shape index (κ2) is 8.22. The Bertz CT molecular complexity index is 1090. The molecule has 5 rings (SSSR count). The van der Waals surface area contributed by atoms with Gasteiger partial charge in [-0.3, -0.25) is 4.79 Å². The van der Waals surface area contributed by atoms with Crippen molar-refractivity contribution < 1.29 is 18.7 Å². The molecule has 1 fully saturated rings. The second-order valence-electron chi connectivity index (χ2n) is 7.63. The van der Waals surface area contributed by atoms with E-state index in [-0.39, 0.29) is 24.4 Å². The first-order chi connectivity index (χ1) is 15.2. The van der Waals surface area contributed by atoms with E-state index in [9.17, 15) is 9.18 Å². The van der Waals surface area contributed by atoms with Gasteiger partial charge >= 0.3 is 0 Å². The quantitative estimate of drug-likeness (QED) is 0.691. The summed E-state index contributed by atoms with van der Waals surface area (Å²) in [6.07, 6.45) is 1.70. The normalized spacial score (nSPS) is 17.5. The van der Waals surface area contributed by atoms with Crippen LogP contribution in [0.15, 0.2) is 54.6 Å². The number of benzene rings is 2. The van der Waals surface area contributed by atoms with Gasteiger partial charge in [-0.05, 0) is 61.4 Å². The Morgan fingerprint density at radius 2 is 1.87 bits per heavy atom. The Morgan fingerprint density at radius 1 is 1.03 bits per heavy atom. The van der Waals surface area contributed by atoms with E-state index in [1.807, 2.05) is 18.2 Å². The van der Waals surface area contributed by atoms with Gasteiger partial charge in [0.05, 0.1) is 11.6 Å². The number of aromatic nitrogens is 2. The third kappa shape index (κ3) is 4.14. The first kappa shape index (κ1) is 19.3. The highest BCUT2D eigenvalue weighted by Gasteiger charge is 2.27. The molecule has 1 saturated heterocycles. The van der Waals surface area contributed by atoms with Gasteiger partial charge in [-0.15, -0.1) is 10.2 Å². The fraction of sp³-hybridized carbons (Fsp3) is 0.261. The SMILES string of the molecule is O=C(Nc1ccc2c(c1)OCO2)[C@@H]1CCCN(c2ccc(-c3ccc(F)cc3)nn2)C1. The molecule has 0 unspecified atom stereocenters. The number of piperidine rings is 1. The summed E-state index contributed by atoms with van der Waals surface area (Å²) < 4.78 is 23.8. The van der Waals surface area contributed by atoms with Crippen LogP contribution in [0.2, 0.25) is 0 Å². The number of carbonyl (C=O) groups excluding carboxylic acids is 1. The van der Waals surface area contributed by atoms with E-state index in [2.05, 4.69) is 20.4 Å². The molecule has 8 heteroatoms. The number of anilines is 2. The van der Waals surface area contributed by atoms with Gasteiger partial charge in [0.25, 0.3) is 0 Å². The smallest absolute Gasteiger partial charge is 0.231 e. The highest BCUT2D eigenvalue weighted by atomic mass is 19.1. The summed E-state index contributed by atoms with van der Waals surface area (Å²) in [6.45, 7) is 1.59. The molecule has 2 aliphatic rings. The van der Waals surface area contributed by atoms with Gasteiger partial charge in [-0.2, -0.15) is 0 Å². The summed E-state index contributed by atoms with van der Waals surface area (Å²) >= 11 is 0. The van der Waals surface area contributed by atoms with Crippen LogP contribution in [-0.4, -0.2) is 36.0 Å². The number of hydrogen-bond donors (Lipinski definition) is 1. The Labute approximate surface area is 178 Å². The van der Waals surface area contributed by atoms with Crippen molar-refractivity contribution in [2.24, 2.45) is 5.92 Å². The van der Waals surface area contributed by atoms with Crippen molar-refractivity contribution in [3.63, 3.8) is 0 Å². The lowest BCUT2D eigenvalue weighted by molar-refractivity contribution is -0.120. The largest absolute Gasteiger partial charge is 0.454 e. The summed E-state index contributed by atoms with van der Waals surface area (Å²) in [5.74, 6) is 1.58. The van der Waals surface area contributed by atoms with Gasteiger partial charge in [0.2, 0.25) is 12.7 Å². The number of carbonyl (C=O) groups is 1. The third-order valence-corrected chi connectivity index (χ3v) is 5.55. The molecule has 3 aromatic rings. The second-order valence-corrected chi connectivity index (χ2v) is 7.63. The average molecular weight is 420 g/mol. The molecule has 0 spiro atoms. The minimum atomic E-state index is -0.285. The minimum absolute atomic E-state index is 0.0283. The molecule has 0 aliphatic carbocycles. The zero-order valence-corrected chi connectivity index (χ0v) is 16.8. The Kier molecular flexibility index (Phi) is 5.11. The van der Waals surface area contributed by atoms with E-state index >= 15 is 0 Å². The maximum atomic E-state index is 13.1. The van der Waals surface area contributed by atoms with Crippen molar-refractivity contribution >= 4 is 17.4 Å². The van der Waals surface area contributed by atoms with Crippen molar-refractivity contribution in [2.45, 2.75) is 12.8 Å². The molecule has 158 valence electrons. The highest BCUT2D eigenvalue weighted by Crippen LogP contribution is 2.34. The zero-order valence-electron chi connectivity index (χ0n) is 16.8. The van der Waals surface area contributed by atoms with Crippen molar-refractivity contribution in [2.75, 3.05) is 30.1 Å². The monoisotopic (exact) mass is 420 g/mol. The molecule has 1 aromatic heterocycles. The maximum absolute atomic E-state index is 13.1. The van der Waals surface area contributed by atoms with Gasteiger partial charge in [0.1, 0.15) is 5.82 Å². The zero-order chi connectivity index (χ0) is 21.2. The van der Waals surface area contributed by atoms with Crippen LogP contribution in [0, 0.1) is 11.7 Å². The molecule has 7 nitrogen and oxygen atoms in total. The van der Waals surface area contributed by atoms with Crippen LogP contribution in [0.5, 0.6) is 11.5 Å². The first-order valence-corrected chi connectivity index (χ1v) is 10.2. The summed E-state index contributed by atoms with van der Waals surface area (Å²) in [4.78, 5) is 14.9. The number of halogens is 1. The van der Waals surface area contributed by atoms with Crippen LogP contribution in [0.25, 0.3) is 11.3 Å². The predicted molar refractivity (Wildman–Crippen MR) is 114 cm³/mol. The number of amides is 1. The van der Waals surface area contributed by atoms with Crippen LogP contribution in [0.1, 0.15) is 12.8 Å². The lowest BCUT2D eigenvalue weighted by Gasteiger charge is -2.32. The van der Waals surface area contributed by atoms with Gasteiger partial charge in [0.15, 0.2) is 17.3 Å². The van der Waals surface area contributed by atoms with Gasteiger partial charge in [-0.1, -0.05) is 0 Å². The van der Waals surface area contributed by atoms with Crippen LogP contribution >= 0.6 is 0 Å². The van der Waals surface area contributed by atoms with Crippen LogP contribution in [-0.2, 0) is 4.79 Å². The Hall–Kier alpha value is -3.68. The molecular formula is C23H21FN4O3. The number of fused-ring (bicyclic) bond motifs is 1. The Balaban J connectivity index is 1.24. The number of hydrogen-bond acceptors (Lipinski definition) is 6. The molecule has 2 aliphatic heterocycles. The summed E-state index contributed by atoms with van der Waals surface area (Å²) in [7, 11) is 0. The standard InChI is InChI=1S/C23H21FN4O3/c24-17-5-3-15(4-6-17)19-8-10-22(27-26-19)28-11-1-2-16(13-28)23(29)25-18-7-9-20-21(12-18)31-14-30-20/h3-10,12,16H,1-2,11,13-14H2,(H,25,29)/t16-/m1/s1. The third-order valence-electron chi connectivity index (χ3n) is 5.55. The molecule has 2 aromatic carbocycles. The summed E-state index contributed by atoms with van der Waals surface area (Å²) in [5, 5.41) is 11.6. The van der Waals surface area contributed by atoms with E-state index in [0.717, 1.165) is 30.8 Å². The van der Waals surface area contributed by atoms with Crippen molar-refractivity contribution in [1.82, 2.24) is 10.2 Å². The van der Waals surface area contributed by atoms with Gasteiger partial charge < -0.3 is 19.7 Å². The molecule has 3 heterocycles. The first-order valence-electron chi connectivity index (χ1n) is 10.2. The molecule has 31 heavy (non-hydrogen) atoms. The topological polar surface area (TPSA) is 76.6 Å². The average Bonchev–Trinajstić information content (AvgIpc) is 3.28. The van der Waals surface area contributed by atoms with E-state index in [0.29, 0.717) is 29.4 Å². The van der Waals surface area contributed by atoms with E-state index < -0.39 is 0 Å². The molecule has 1 amide bonds. The summed E-state index contributed by atoms with van der Waals surface area (Å²) in [6, 6.07) is 15.3. The highest BCUT2D eigenvalue weighted by molar-refractivity contribution is 5.93. The van der Waals surface area contributed by atoms with E-state index in [4.69, 9.17) is 9.47 Å². The van der Waals surface area contributed by atoms with E-state index in [1.54, 1.807) is 24.3 Å². The number of nitrogens with one attached hydrogen (secondary N) is 1. The fourth-order valence-corrected chi connectivity index (χ4v) is 3.89. The lowest BCUT2D eigenvalue weighted by Crippen LogP contribution is -2.41. The van der Waals surface area contributed by atoms with Crippen molar-refractivity contribution in [3.05, 3.63) is 60.4 Å². The summed E-state index contributed by atoms with van der Waals surface area (Å²) in [5.41, 5.74) is 2.17. The van der Waals surface area contributed by atoms with Crippen LogP contribution in [0.3, 0.4) is 0 Å². The van der Waals surface area contributed by atoms with Gasteiger partial charge in [0, 0.05) is 30.4 Å². The number of nitrogens with zero attached hydrogens (tertiary/aromatic N) is 3. The Morgan fingerprint density at radius 3 is 2.68 bits per heavy atom. The molecule has 1 atom stereocenters. The van der Waals surface area contributed by atoms with Crippen LogP contribution < -0.4 is 19.7 Å².